The second-order valence-corrected chi connectivity index (χ2v) is 3.41. The predicted octanol–water partition coefficient (Wildman–Crippen LogP) is -0.473. The average molecular weight is 154 g/mol. The van der Waals surface area contributed by atoms with Crippen LogP contribution in [-0.2, 0) is 4.79 Å². The van der Waals surface area contributed by atoms with Crippen molar-refractivity contribution >= 4 is 5.78 Å². The average Bonchev–Trinajstić information content (AvgIpc) is 2.06. The fourth-order valence-electron chi connectivity index (χ4n) is 2.03. The van der Waals surface area contributed by atoms with Crippen molar-refractivity contribution in [2.75, 3.05) is 19.6 Å². The molecule has 11 heavy (non-hydrogen) atoms. The largest absolute Gasteiger partial charge is 0.312 e. The predicted molar refractivity (Wildman–Crippen MR) is 42.4 cm³/mol. The van der Waals surface area contributed by atoms with Gasteiger partial charge in [0.2, 0.25) is 0 Å². The van der Waals surface area contributed by atoms with Crippen molar-refractivity contribution in [2.24, 2.45) is 5.92 Å². The van der Waals surface area contributed by atoms with Crippen molar-refractivity contribution in [3.8, 4) is 0 Å². The molecule has 0 aromatic rings. The molecular formula is C8H14N2O. The lowest BCUT2D eigenvalue weighted by Crippen LogP contribution is -2.56. The second kappa shape index (κ2) is 2.91. The first kappa shape index (κ1) is 7.25. The van der Waals surface area contributed by atoms with E-state index in [1.807, 2.05) is 0 Å². The summed E-state index contributed by atoms with van der Waals surface area (Å²) < 4.78 is 0. The maximum Gasteiger partial charge on any atom is 0.151 e. The summed E-state index contributed by atoms with van der Waals surface area (Å²) in [5.74, 6) is 0.707. The van der Waals surface area contributed by atoms with E-state index in [4.69, 9.17) is 0 Å². The third-order valence-corrected chi connectivity index (χ3v) is 2.66. The molecule has 0 aromatic carbocycles. The van der Waals surface area contributed by atoms with Gasteiger partial charge in [-0.3, -0.25) is 4.79 Å². The van der Waals surface area contributed by atoms with E-state index < -0.39 is 0 Å². The SMILES string of the molecule is O=C1CNCC2NCCCC12. The van der Waals surface area contributed by atoms with Gasteiger partial charge in [-0.2, -0.15) is 0 Å². The van der Waals surface area contributed by atoms with Gasteiger partial charge in [-0.1, -0.05) is 0 Å². The zero-order valence-corrected chi connectivity index (χ0v) is 6.60. The molecule has 0 bridgehead atoms. The van der Waals surface area contributed by atoms with E-state index in [0.29, 0.717) is 24.3 Å². The van der Waals surface area contributed by atoms with Gasteiger partial charge in [-0.15, -0.1) is 0 Å². The Morgan fingerprint density at radius 3 is 3.18 bits per heavy atom. The minimum absolute atomic E-state index is 0.310. The molecule has 62 valence electrons. The minimum atomic E-state index is 0.310. The summed E-state index contributed by atoms with van der Waals surface area (Å²) in [5, 5.41) is 6.49. The van der Waals surface area contributed by atoms with E-state index >= 15 is 0 Å². The van der Waals surface area contributed by atoms with Crippen molar-refractivity contribution in [1.82, 2.24) is 10.6 Å². The maximum absolute atomic E-state index is 11.3. The highest BCUT2D eigenvalue weighted by atomic mass is 16.1. The number of carbonyl (C=O) groups is 1. The number of hydrogen-bond donors (Lipinski definition) is 2. The molecule has 2 saturated heterocycles. The summed E-state index contributed by atoms with van der Waals surface area (Å²) in [4.78, 5) is 11.3. The number of Topliss-reactive ketones (excluding diaryl/α,β-unsaturated/α-hetero) is 1. The van der Waals surface area contributed by atoms with E-state index in [2.05, 4.69) is 10.6 Å². The van der Waals surface area contributed by atoms with Crippen LogP contribution in [0, 0.1) is 5.92 Å². The topological polar surface area (TPSA) is 41.1 Å². The normalized spacial score (nSPS) is 38.4. The van der Waals surface area contributed by atoms with Crippen LogP contribution in [0.15, 0.2) is 0 Å². The Balaban J connectivity index is 2.05. The first-order valence-corrected chi connectivity index (χ1v) is 4.35. The van der Waals surface area contributed by atoms with Crippen LogP contribution in [-0.4, -0.2) is 31.5 Å². The van der Waals surface area contributed by atoms with Crippen molar-refractivity contribution in [1.29, 1.82) is 0 Å². The van der Waals surface area contributed by atoms with E-state index in [9.17, 15) is 4.79 Å². The fourth-order valence-corrected chi connectivity index (χ4v) is 2.03. The van der Waals surface area contributed by atoms with Crippen LogP contribution in [0.4, 0.5) is 0 Å². The third kappa shape index (κ3) is 1.30. The highest BCUT2D eigenvalue weighted by Gasteiger charge is 2.32. The third-order valence-electron chi connectivity index (χ3n) is 2.66. The Morgan fingerprint density at radius 1 is 1.45 bits per heavy atom. The first-order valence-electron chi connectivity index (χ1n) is 4.35. The van der Waals surface area contributed by atoms with E-state index in [0.717, 1.165) is 25.9 Å². The van der Waals surface area contributed by atoms with E-state index in [1.54, 1.807) is 0 Å². The molecule has 3 heteroatoms. The van der Waals surface area contributed by atoms with Gasteiger partial charge in [0.15, 0.2) is 5.78 Å². The van der Waals surface area contributed by atoms with Gasteiger partial charge in [0, 0.05) is 18.5 Å². The van der Waals surface area contributed by atoms with Crippen LogP contribution in [0.3, 0.4) is 0 Å². The lowest BCUT2D eigenvalue weighted by molar-refractivity contribution is -0.125. The standard InChI is InChI=1S/C8H14N2O/c11-8-5-9-4-7-6(8)2-1-3-10-7/h6-7,9-10H,1-5H2. The molecule has 0 spiro atoms. The molecule has 0 saturated carbocycles. The van der Waals surface area contributed by atoms with E-state index in [-0.39, 0.29) is 0 Å². The first-order chi connectivity index (χ1) is 5.38. The van der Waals surface area contributed by atoms with Crippen molar-refractivity contribution in [2.45, 2.75) is 18.9 Å². The number of rotatable bonds is 0. The molecule has 2 aliphatic heterocycles. The van der Waals surface area contributed by atoms with Crippen LogP contribution in [0.2, 0.25) is 0 Å². The molecule has 2 heterocycles. The molecule has 3 nitrogen and oxygen atoms in total. The summed E-state index contributed by atoms with van der Waals surface area (Å²) in [6.45, 7) is 2.63. The molecule has 2 unspecified atom stereocenters. The molecule has 0 aromatic heterocycles. The lowest BCUT2D eigenvalue weighted by Gasteiger charge is -2.35. The smallest absolute Gasteiger partial charge is 0.151 e. The minimum Gasteiger partial charge on any atom is -0.312 e. The monoisotopic (exact) mass is 154 g/mol. The highest BCUT2D eigenvalue weighted by Crippen LogP contribution is 2.19. The summed E-state index contributed by atoms with van der Waals surface area (Å²) in [7, 11) is 0. The van der Waals surface area contributed by atoms with Gasteiger partial charge in [0.25, 0.3) is 0 Å². The quantitative estimate of drug-likeness (QED) is 0.495. The zero-order valence-electron chi connectivity index (χ0n) is 6.60. The number of carbonyl (C=O) groups excluding carboxylic acids is 1. The Bertz CT molecular complexity index is 167. The van der Waals surface area contributed by atoms with Gasteiger partial charge in [0.1, 0.15) is 0 Å². The zero-order chi connectivity index (χ0) is 7.68. The lowest BCUT2D eigenvalue weighted by atomic mass is 9.85. The Morgan fingerprint density at radius 2 is 2.36 bits per heavy atom. The van der Waals surface area contributed by atoms with Gasteiger partial charge in [0.05, 0.1) is 6.54 Å². The number of fused-ring (bicyclic) bond motifs is 1. The molecule has 2 N–H and O–H groups in total. The van der Waals surface area contributed by atoms with Crippen LogP contribution in [0.1, 0.15) is 12.8 Å². The number of nitrogens with one attached hydrogen (secondary N) is 2. The maximum atomic E-state index is 11.3. The van der Waals surface area contributed by atoms with Crippen LogP contribution in [0.5, 0.6) is 0 Å². The number of piperidine rings is 2. The van der Waals surface area contributed by atoms with Gasteiger partial charge >= 0.3 is 0 Å². The molecule has 0 amide bonds. The van der Waals surface area contributed by atoms with Gasteiger partial charge in [-0.25, -0.2) is 0 Å². The summed E-state index contributed by atoms with van der Waals surface area (Å²) in [6.07, 6.45) is 2.26. The van der Waals surface area contributed by atoms with E-state index in [1.165, 1.54) is 0 Å². The molecule has 0 aliphatic carbocycles. The molecular weight excluding hydrogens is 140 g/mol. The number of ketones is 1. The van der Waals surface area contributed by atoms with Crippen molar-refractivity contribution in [3.05, 3.63) is 0 Å². The summed E-state index contributed by atoms with van der Waals surface area (Å²) in [6, 6.07) is 0.421. The number of hydrogen-bond acceptors (Lipinski definition) is 3. The van der Waals surface area contributed by atoms with Gasteiger partial charge < -0.3 is 10.6 Å². The van der Waals surface area contributed by atoms with Crippen LogP contribution < -0.4 is 10.6 Å². The van der Waals surface area contributed by atoms with Crippen LogP contribution in [0.25, 0.3) is 0 Å². The highest BCUT2D eigenvalue weighted by molar-refractivity contribution is 5.84. The van der Waals surface area contributed by atoms with Crippen molar-refractivity contribution < 1.29 is 4.79 Å². The summed E-state index contributed by atoms with van der Waals surface area (Å²) >= 11 is 0. The fraction of sp³-hybridized carbons (Fsp3) is 0.875. The van der Waals surface area contributed by atoms with Crippen LogP contribution >= 0.6 is 0 Å². The molecule has 2 atom stereocenters. The molecule has 2 fully saturated rings. The second-order valence-electron chi connectivity index (χ2n) is 3.41. The van der Waals surface area contributed by atoms with Gasteiger partial charge in [-0.05, 0) is 19.4 Å². The summed E-state index contributed by atoms with van der Waals surface area (Å²) in [5.41, 5.74) is 0. The Hall–Kier alpha value is -0.410. The van der Waals surface area contributed by atoms with Crippen molar-refractivity contribution in [3.63, 3.8) is 0 Å². The molecule has 0 radical (unpaired) electrons. The Labute approximate surface area is 66.5 Å². The Kier molecular flexibility index (Phi) is 1.92. The molecule has 2 aliphatic rings. The molecule has 2 rings (SSSR count).